The molecule has 0 aromatic heterocycles. The van der Waals surface area contributed by atoms with E-state index in [0.717, 1.165) is 23.3 Å². The summed E-state index contributed by atoms with van der Waals surface area (Å²) in [6.45, 7) is 3.20. The van der Waals surface area contributed by atoms with Gasteiger partial charge in [-0.2, -0.15) is 0 Å². The van der Waals surface area contributed by atoms with Crippen LogP contribution < -0.4 is 10.0 Å². The van der Waals surface area contributed by atoms with Gasteiger partial charge in [-0.3, -0.25) is 14.9 Å². The number of hydrogen-bond acceptors (Lipinski definition) is 5. The van der Waals surface area contributed by atoms with Crippen LogP contribution in [0.5, 0.6) is 0 Å². The van der Waals surface area contributed by atoms with Crippen molar-refractivity contribution in [3.8, 4) is 0 Å². The number of rotatable bonds is 6. The molecule has 0 aliphatic carbocycles. The van der Waals surface area contributed by atoms with E-state index in [2.05, 4.69) is 10.0 Å². The minimum absolute atomic E-state index is 0.487. The molecule has 0 bridgehead atoms. The van der Waals surface area contributed by atoms with E-state index in [0.29, 0.717) is 5.69 Å². The van der Waals surface area contributed by atoms with Gasteiger partial charge < -0.3 is 5.32 Å². The Morgan fingerprint density at radius 1 is 1.16 bits per heavy atom. The maximum atomic E-state index is 12.2. The summed E-state index contributed by atoms with van der Waals surface area (Å²) in [4.78, 5) is 21.6. The standard InChI is InChI=1S/C16H17N3O5S/c1-11-7-8-13(12(2)9-11)18-16(20)10-17-25(23,24)15-6-4-3-5-14(15)19(21)22/h3-9,17H,10H2,1-2H3,(H,18,20). The molecular weight excluding hydrogens is 346 g/mol. The zero-order valence-corrected chi connectivity index (χ0v) is 14.5. The molecule has 25 heavy (non-hydrogen) atoms. The molecule has 0 saturated heterocycles. The first-order valence-electron chi connectivity index (χ1n) is 7.31. The fraction of sp³-hybridized carbons (Fsp3) is 0.188. The molecule has 132 valence electrons. The van der Waals surface area contributed by atoms with Gasteiger partial charge in [0.1, 0.15) is 0 Å². The van der Waals surface area contributed by atoms with Gasteiger partial charge >= 0.3 is 0 Å². The molecule has 8 nitrogen and oxygen atoms in total. The molecule has 0 radical (unpaired) electrons. The number of aryl methyl sites for hydroxylation is 2. The van der Waals surface area contributed by atoms with Crippen LogP contribution >= 0.6 is 0 Å². The van der Waals surface area contributed by atoms with Gasteiger partial charge in [0, 0.05) is 11.8 Å². The van der Waals surface area contributed by atoms with Gasteiger partial charge in [0.2, 0.25) is 15.9 Å². The minimum atomic E-state index is -4.19. The van der Waals surface area contributed by atoms with Crippen LogP contribution in [0.15, 0.2) is 47.4 Å². The zero-order valence-electron chi connectivity index (χ0n) is 13.6. The Morgan fingerprint density at radius 3 is 2.48 bits per heavy atom. The number of hydrogen-bond donors (Lipinski definition) is 2. The molecule has 0 aliphatic heterocycles. The van der Waals surface area contributed by atoms with Crippen LogP contribution in [0.4, 0.5) is 11.4 Å². The highest BCUT2D eigenvalue weighted by molar-refractivity contribution is 7.89. The molecule has 2 aromatic carbocycles. The summed E-state index contributed by atoms with van der Waals surface area (Å²) in [5, 5.41) is 13.5. The molecule has 0 spiro atoms. The predicted molar refractivity (Wildman–Crippen MR) is 92.8 cm³/mol. The van der Waals surface area contributed by atoms with Crippen LogP contribution in [0.1, 0.15) is 11.1 Å². The highest BCUT2D eigenvalue weighted by atomic mass is 32.2. The fourth-order valence-electron chi connectivity index (χ4n) is 2.22. The highest BCUT2D eigenvalue weighted by Crippen LogP contribution is 2.22. The first kappa shape index (κ1) is 18.6. The number of nitrogens with one attached hydrogen (secondary N) is 2. The molecule has 0 heterocycles. The van der Waals surface area contributed by atoms with Gasteiger partial charge in [-0.15, -0.1) is 0 Å². The molecule has 2 aromatic rings. The maximum Gasteiger partial charge on any atom is 0.289 e. The second-order valence-electron chi connectivity index (χ2n) is 5.42. The summed E-state index contributed by atoms with van der Waals surface area (Å²) in [7, 11) is -4.19. The number of sulfonamides is 1. The van der Waals surface area contributed by atoms with Gasteiger partial charge in [0.05, 0.1) is 11.5 Å². The molecule has 0 aliphatic rings. The van der Waals surface area contributed by atoms with E-state index in [1.54, 1.807) is 6.07 Å². The number of anilines is 1. The Kier molecular flexibility index (Phi) is 5.50. The number of benzene rings is 2. The van der Waals surface area contributed by atoms with Crippen molar-refractivity contribution >= 4 is 27.3 Å². The molecule has 0 atom stereocenters. The Balaban J connectivity index is 2.09. The van der Waals surface area contributed by atoms with Crippen molar-refractivity contribution < 1.29 is 18.1 Å². The number of nitrogens with zero attached hydrogens (tertiary/aromatic N) is 1. The number of nitro groups is 1. The predicted octanol–water partition coefficient (Wildman–Crippen LogP) is 2.13. The maximum absolute atomic E-state index is 12.2. The van der Waals surface area contributed by atoms with Crippen molar-refractivity contribution in [1.82, 2.24) is 4.72 Å². The average molecular weight is 363 g/mol. The summed E-state index contributed by atoms with van der Waals surface area (Å²) in [6.07, 6.45) is 0. The third-order valence-corrected chi connectivity index (χ3v) is 4.88. The molecular formula is C16H17N3O5S. The van der Waals surface area contributed by atoms with Crippen LogP contribution in [0.2, 0.25) is 0 Å². The summed E-state index contributed by atoms with van der Waals surface area (Å²) >= 11 is 0. The van der Waals surface area contributed by atoms with E-state index in [9.17, 15) is 23.3 Å². The molecule has 0 fully saturated rings. The van der Waals surface area contributed by atoms with Gasteiger partial charge in [-0.25, -0.2) is 13.1 Å². The number of para-hydroxylation sites is 1. The summed E-state index contributed by atoms with van der Waals surface area (Å²) in [5.41, 5.74) is 1.90. The topological polar surface area (TPSA) is 118 Å². The normalized spacial score (nSPS) is 11.1. The van der Waals surface area contributed by atoms with Gasteiger partial charge in [-0.1, -0.05) is 29.8 Å². The first-order valence-corrected chi connectivity index (χ1v) is 8.79. The van der Waals surface area contributed by atoms with Gasteiger partial charge in [0.25, 0.3) is 5.69 Å². The van der Waals surface area contributed by atoms with E-state index < -0.39 is 38.0 Å². The zero-order chi connectivity index (χ0) is 18.6. The van der Waals surface area contributed by atoms with Crippen LogP contribution in [0.3, 0.4) is 0 Å². The summed E-state index contributed by atoms with van der Waals surface area (Å²) in [5.74, 6) is -0.575. The smallest absolute Gasteiger partial charge is 0.289 e. The van der Waals surface area contributed by atoms with Gasteiger partial charge in [0.15, 0.2) is 4.90 Å². The van der Waals surface area contributed by atoms with E-state index in [1.165, 1.54) is 12.1 Å². The first-order chi connectivity index (χ1) is 11.7. The van der Waals surface area contributed by atoms with Crippen LogP contribution in [-0.2, 0) is 14.8 Å². The Morgan fingerprint density at radius 2 is 1.84 bits per heavy atom. The van der Waals surface area contributed by atoms with Crippen molar-refractivity contribution in [1.29, 1.82) is 0 Å². The number of nitro benzene ring substituents is 1. The molecule has 0 saturated carbocycles. The summed E-state index contributed by atoms with van der Waals surface area (Å²) in [6, 6.07) is 10.4. The third-order valence-electron chi connectivity index (χ3n) is 3.43. The average Bonchev–Trinajstić information content (AvgIpc) is 2.55. The van der Waals surface area contributed by atoms with Crippen molar-refractivity contribution in [3.05, 3.63) is 63.7 Å². The fourth-order valence-corrected chi connectivity index (χ4v) is 3.37. The lowest BCUT2D eigenvalue weighted by molar-refractivity contribution is -0.387. The van der Waals surface area contributed by atoms with Crippen molar-refractivity contribution in [3.63, 3.8) is 0 Å². The Hall–Kier alpha value is -2.78. The third kappa shape index (κ3) is 4.61. The second-order valence-corrected chi connectivity index (χ2v) is 7.15. The Labute approximate surface area is 145 Å². The van der Waals surface area contributed by atoms with E-state index in [4.69, 9.17) is 0 Å². The van der Waals surface area contributed by atoms with Crippen molar-refractivity contribution in [2.75, 3.05) is 11.9 Å². The van der Waals surface area contributed by atoms with Crippen molar-refractivity contribution in [2.45, 2.75) is 18.7 Å². The minimum Gasteiger partial charge on any atom is -0.325 e. The van der Waals surface area contributed by atoms with Crippen LogP contribution in [0, 0.1) is 24.0 Å². The number of amides is 1. The molecule has 0 unspecified atom stereocenters. The number of carbonyl (C=O) groups excluding carboxylic acids is 1. The van der Waals surface area contributed by atoms with E-state index in [-0.39, 0.29) is 0 Å². The Bertz CT molecular complexity index is 925. The molecule has 2 N–H and O–H groups in total. The lowest BCUT2D eigenvalue weighted by Crippen LogP contribution is -2.33. The van der Waals surface area contributed by atoms with E-state index in [1.807, 2.05) is 26.0 Å². The van der Waals surface area contributed by atoms with E-state index >= 15 is 0 Å². The van der Waals surface area contributed by atoms with Gasteiger partial charge in [-0.05, 0) is 31.5 Å². The lowest BCUT2D eigenvalue weighted by Gasteiger charge is -2.10. The van der Waals surface area contributed by atoms with Crippen LogP contribution in [-0.4, -0.2) is 25.8 Å². The largest absolute Gasteiger partial charge is 0.325 e. The molecule has 1 amide bonds. The SMILES string of the molecule is Cc1ccc(NC(=O)CNS(=O)(=O)c2ccccc2[N+](=O)[O-])c(C)c1. The number of carbonyl (C=O) groups is 1. The highest BCUT2D eigenvalue weighted by Gasteiger charge is 2.25. The lowest BCUT2D eigenvalue weighted by atomic mass is 10.1. The summed E-state index contributed by atoms with van der Waals surface area (Å²) < 4.78 is 26.5. The van der Waals surface area contributed by atoms with Crippen molar-refractivity contribution in [2.24, 2.45) is 0 Å². The van der Waals surface area contributed by atoms with Crippen LogP contribution in [0.25, 0.3) is 0 Å². The molecule has 2 rings (SSSR count). The second kappa shape index (κ2) is 7.41. The quantitative estimate of drug-likeness (QED) is 0.602. The monoisotopic (exact) mass is 363 g/mol. The molecule has 9 heteroatoms.